The number of hydrogen-bond acceptors (Lipinski definition) is 4. The van der Waals surface area contributed by atoms with Gasteiger partial charge in [-0.3, -0.25) is 0 Å². The first-order chi connectivity index (χ1) is 10.3. The molecule has 1 aromatic heterocycles. The molecule has 0 spiro atoms. The van der Waals surface area contributed by atoms with Crippen LogP contribution in [0.2, 0.25) is 5.02 Å². The maximum atomic E-state index is 11.9. The van der Waals surface area contributed by atoms with E-state index < -0.39 is 11.7 Å². The highest BCUT2D eigenvalue weighted by molar-refractivity contribution is 6.30. The molecule has 0 radical (unpaired) electrons. The second kappa shape index (κ2) is 6.20. The molecule has 0 saturated heterocycles. The number of aromatic nitrogens is 2. The zero-order valence-corrected chi connectivity index (χ0v) is 13.4. The van der Waals surface area contributed by atoms with Crippen LogP contribution in [0.1, 0.15) is 37.5 Å². The van der Waals surface area contributed by atoms with Gasteiger partial charge in [0, 0.05) is 17.6 Å². The van der Waals surface area contributed by atoms with E-state index in [1.54, 1.807) is 51.4 Å². The van der Waals surface area contributed by atoms with E-state index in [-0.39, 0.29) is 0 Å². The van der Waals surface area contributed by atoms with Gasteiger partial charge in [-0.2, -0.15) is 15.0 Å². The predicted molar refractivity (Wildman–Crippen MR) is 82.8 cm³/mol. The van der Waals surface area contributed by atoms with Crippen LogP contribution in [0.25, 0.3) is 0 Å². The Hall–Kier alpha value is -2.32. The van der Waals surface area contributed by atoms with Gasteiger partial charge in [0.2, 0.25) is 0 Å². The van der Waals surface area contributed by atoms with Crippen LogP contribution in [0.3, 0.4) is 0 Å². The number of nitrogens with zero attached hydrogens (tertiary/aromatic N) is 3. The van der Waals surface area contributed by atoms with Crippen molar-refractivity contribution in [1.29, 1.82) is 5.26 Å². The van der Waals surface area contributed by atoms with Crippen LogP contribution in [0.4, 0.5) is 4.79 Å². The second-order valence-corrected chi connectivity index (χ2v) is 6.30. The van der Waals surface area contributed by atoms with Crippen molar-refractivity contribution >= 4 is 17.7 Å². The minimum absolute atomic E-state index is 0.465. The van der Waals surface area contributed by atoms with Crippen molar-refractivity contribution < 1.29 is 9.53 Å². The number of ether oxygens (including phenoxy) is 1. The van der Waals surface area contributed by atoms with Gasteiger partial charge >= 0.3 is 6.09 Å². The Morgan fingerprint density at radius 2 is 2.18 bits per heavy atom. The van der Waals surface area contributed by atoms with E-state index in [4.69, 9.17) is 21.6 Å². The molecule has 0 unspecified atom stereocenters. The number of halogens is 1. The van der Waals surface area contributed by atoms with E-state index in [1.165, 1.54) is 0 Å². The molecule has 1 heterocycles. The Morgan fingerprint density at radius 1 is 1.45 bits per heavy atom. The average Bonchev–Trinajstić information content (AvgIpc) is 2.86. The lowest BCUT2D eigenvalue weighted by Gasteiger charge is -2.18. The molecule has 0 saturated carbocycles. The third kappa shape index (κ3) is 4.09. The number of hydrogen-bond donors (Lipinski definition) is 0. The largest absolute Gasteiger partial charge is 0.442 e. The van der Waals surface area contributed by atoms with Crippen molar-refractivity contribution in [3.63, 3.8) is 0 Å². The molecule has 5 nitrogen and oxygen atoms in total. The summed E-state index contributed by atoms with van der Waals surface area (Å²) in [6.07, 6.45) is 3.10. The van der Waals surface area contributed by atoms with Gasteiger partial charge in [0.05, 0.1) is 17.8 Å². The van der Waals surface area contributed by atoms with Crippen molar-refractivity contribution in [3.8, 4) is 6.07 Å². The summed E-state index contributed by atoms with van der Waals surface area (Å²) in [5.41, 5.74) is 1.56. The lowest BCUT2D eigenvalue weighted by Crippen LogP contribution is -2.27. The number of rotatable bonds is 2. The fourth-order valence-corrected chi connectivity index (χ4v) is 2.09. The van der Waals surface area contributed by atoms with Crippen molar-refractivity contribution in [2.24, 2.45) is 0 Å². The molecule has 114 valence electrons. The molecule has 2 rings (SSSR count). The van der Waals surface area contributed by atoms with Crippen LogP contribution in [-0.4, -0.2) is 21.5 Å². The monoisotopic (exact) mass is 317 g/mol. The quantitative estimate of drug-likeness (QED) is 0.845. The molecule has 0 amide bonds. The van der Waals surface area contributed by atoms with E-state index in [0.29, 0.717) is 17.0 Å². The van der Waals surface area contributed by atoms with E-state index in [1.807, 2.05) is 0 Å². The summed E-state index contributed by atoms with van der Waals surface area (Å²) in [6.45, 7) is 5.38. The van der Waals surface area contributed by atoms with E-state index in [0.717, 1.165) is 15.8 Å². The molecular weight excluding hydrogens is 302 g/mol. The Morgan fingerprint density at radius 3 is 2.82 bits per heavy atom. The summed E-state index contributed by atoms with van der Waals surface area (Å²) < 4.78 is 6.39. The Balaban J connectivity index is 2.18. The lowest BCUT2D eigenvalue weighted by atomic mass is 10.0. The molecular formula is C16H16ClN3O2. The number of carbonyl (C=O) groups excluding carboxylic acids is 1. The standard InChI is InChI=1S/C16H16ClN3O2/c1-16(2,3)22-15(21)20-10-11(9-19-20)6-13-7-14(17)5-4-12(13)8-18/h4-5,7,9-10H,6H2,1-3H3. The molecule has 0 N–H and O–H groups in total. The summed E-state index contributed by atoms with van der Waals surface area (Å²) in [5, 5.41) is 13.7. The molecule has 0 aliphatic rings. The maximum absolute atomic E-state index is 11.9. The smallest absolute Gasteiger partial charge is 0.435 e. The fourth-order valence-electron chi connectivity index (χ4n) is 1.90. The highest BCUT2D eigenvalue weighted by atomic mass is 35.5. The van der Waals surface area contributed by atoms with Crippen LogP contribution in [0, 0.1) is 11.3 Å². The van der Waals surface area contributed by atoms with Crippen LogP contribution in [-0.2, 0) is 11.2 Å². The predicted octanol–water partition coefficient (Wildman–Crippen LogP) is 3.78. The van der Waals surface area contributed by atoms with Crippen molar-refractivity contribution in [2.45, 2.75) is 32.8 Å². The lowest BCUT2D eigenvalue weighted by molar-refractivity contribution is 0.0514. The first-order valence-corrected chi connectivity index (χ1v) is 7.12. The number of nitriles is 1. The molecule has 1 aromatic carbocycles. The van der Waals surface area contributed by atoms with E-state index >= 15 is 0 Å². The minimum Gasteiger partial charge on any atom is -0.442 e. The minimum atomic E-state index is -0.579. The topological polar surface area (TPSA) is 67.9 Å². The Labute approximate surface area is 134 Å². The highest BCUT2D eigenvalue weighted by Crippen LogP contribution is 2.19. The van der Waals surface area contributed by atoms with Crippen LogP contribution < -0.4 is 0 Å². The molecule has 0 aliphatic carbocycles. The molecule has 22 heavy (non-hydrogen) atoms. The zero-order valence-electron chi connectivity index (χ0n) is 12.6. The highest BCUT2D eigenvalue weighted by Gasteiger charge is 2.18. The van der Waals surface area contributed by atoms with Gasteiger partial charge in [-0.15, -0.1) is 0 Å². The third-order valence-electron chi connectivity index (χ3n) is 2.80. The van der Waals surface area contributed by atoms with E-state index in [2.05, 4.69) is 11.2 Å². The van der Waals surface area contributed by atoms with Gasteiger partial charge in [-0.25, -0.2) is 4.79 Å². The molecule has 0 fully saturated rings. The zero-order chi connectivity index (χ0) is 16.3. The average molecular weight is 318 g/mol. The fraction of sp³-hybridized carbons (Fsp3) is 0.312. The van der Waals surface area contributed by atoms with Gasteiger partial charge in [0.1, 0.15) is 5.60 Å². The first kappa shape index (κ1) is 16.1. The Bertz CT molecular complexity index is 739. The van der Waals surface area contributed by atoms with Gasteiger partial charge in [0.15, 0.2) is 0 Å². The summed E-state index contributed by atoms with van der Waals surface area (Å²) in [6, 6.07) is 7.22. The van der Waals surface area contributed by atoms with Crippen LogP contribution in [0.15, 0.2) is 30.6 Å². The summed E-state index contributed by atoms with van der Waals surface area (Å²) in [5.74, 6) is 0. The van der Waals surface area contributed by atoms with Gasteiger partial charge in [-0.05, 0) is 50.1 Å². The van der Waals surface area contributed by atoms with Crippen LogP contribution >= 0.6 is 11.6 Å². The molecule has 2 aromatic rings. The van der Waals surface area contributed by atoms with Gasteiger partial charge in [-0.1, -0.05) is 11.6 Å². The maximum Gasteiger partial charge on any atom is 0.435 e. The van der Waals surface area contributed by atoms with Crippen molar-refractivity contribution in [3.05, 3.63) is 52.3 Å². The molecule has 0 bridgehead atoms. The normalized spacial score (nSPS) is 11.0. The SMILES string of the molecule is CC(C)(C)OC(=O)n1cc(Cc2cc(Cl)ccc2C#N)cn1. The summed E-state index contributed by atoms with van der Waals surface area (Å²) >= 11 is 5.96. The molecule has 6 heteroatoms. The summed E-state index contributed by atoms with van der Waals surface area (Å²) in [7, 11) is 0. The third-order valence-corrected chi connectivity index (χ3v) is 3.03. The number of carbonyl (C=O) groups is 1. The molecule has 0 atom stereocenters. The first-order valence-electron chi connectivity index (χ1n) is 6.74. The van der Waals surface area contributed by atoms with Crippen molar-refractivity contribution in [1.82, 2.24) is 9.78 Å². The van der Waals surface area contributed by atoms with Crippen molar-refractivity contribution in [2.75, 3.05) is 0 Å². The van der Waals surface area contributed by atoms with Crippen LogP contribution in [0.5, 0.6) is 0 Å². The summed E-state index contributed by atoms with van der Waals surface area (Å²) in [4.78, 5) is 11.9. The second-order valence-electron chi connectivity index (χ2n) is 5.86. The van der Waals surface area contributed by atoms with E-state index in [9.17, 15) is 4.79 Å². The Kier molecular flexibility index (Phi) is 4.53. The molecule has 0 aliphatic heterocycles. The number of benzene rings is 1. The van der Waals surface area contributed by atoms with Gasteiger partial charge < -0.3 is 4.74 Å². The van der Waals surface area contributed by atoms with Gasteiger partial charge in [0.25, 0.3) is 0 Å².